The lowest BCUT2D eigenvalue weighted by Crippen LogP contribution is -2.30. The van der Waals surface area contributed by atoms with Crippen LogP contribution in [0, 0.1) is 0 Å². The Bertz CT molecular complexity index is 831. The van der Waals surface area contributed by atoms with Crippen molar-refractivity contribution in [1.82, 2.24) is 4.90 Å². The van der Waals surface area contributed by atoms with Gasteiger partial charge >= 0.3 is 5.97 Å². The number of likely N-dealkylation sites (tertiary alicyclic amines) is 1. The molecule has 142 valence electrons. The Hall–Kier alpha value is -3.02. The Labute approximate surface area is 158 Å². The monoisotopic (exact) mass is 369 g/mol. The summed E-state index contributed by atoms with van der Waals surface area (Å²) in [5, 5.41) is 0. The van der Waals surface area contributed by atoms with Crippen LogP contribution in [0.2, 0.25) is 0 Å². The molecule has 0 bridgehead atoms. The Kier molecular flexibility index (Phi) is 5.64. The molecule has 0 aromatic heterocycles. The van der Waals surface area contributed by atoms with Crippen molar-refractivity contribution in [3.05, 3.63) is 59.2 Å². The van der Waals surface area contributed by atoms with E-state index in [9.17, 15) is 9.59 Å². The number of methoxy groups -OCH3 is 3. The average Bonchev–Trinajstić information content (AvgIpc) is 3.22. The number of carbonyl (C=O) groups is 2. The fourth-order valence-corrected chi connectivity index (χ4v) is 3.45. The predicted octanol–water partition coefficient (Wildman–Crippen LogP) is 3.47. The molecule has 0 radical (unpaired) electrons. The summed E-state index contributed by atoms with van der Waals surface area (Å²) >= 11 is 0. The third-order valence-electron chi connectivity index (χ3n) is 4.86. The Morgan fingerprint density at radius 1 is 0.926 bits per heavy atom. The van der Waals surface area contributed by atoms with Crippen molar-refractivity contribution < 1.29 is 23.8 Å². The lowest BCUT2D eigenvalue weighted by molar-refractivity contribution is 0.0599. The molecule has 0 N–H and O–H groups in total. The lowest BCUT2D eigenvalue weighted by Gasteiger charge is -2.26. The highest BCUT2D eigenvalue weighted by Crippen LogP contribution is 2.37. The number of hydrogen-bond donors (Lipinski definition) is 0. The van der Waals surface area contributed by atoms with E-state index in [0.717, 1.165) is 18.4 Å². The maximum Gasteiger partial charge on any atom is 0.337 e. The van der Waals surface area contributed by atoms with Crippen molar-refractivity contribution in [2.75, 3.05) is 27.9 Å². The number of amides is 1. The molecule has 1 fully saturated rings. The number of ether oxygens (including phenoxy) is 3. The average molecular weight is 369 g/mol. The summed E-state index contributed by atoms with van der Waals surface area (Å²) in [5.41, 5.74) is 1.99. The van der Waals surface area contributed by atoms with Gasteiger partial charge in [0.1, 0.15) is 0 Å². The van der Waals surface area contributed by atoms with Gasteiger partial charge < -0.3 is 19.1 Å². The van der Waals surface area contributed by atoms with Crippen LogP contribution in [-0.4, -0.2) is 44.7 Å². The third kappa shape index (κ3) is 3.74. The maximum absolute atomic E-state index is 13.0. The third-order valence-corrected chi connectivity index (χ3v) is 4.86. The van der Waals surface area contributed by atoms with E-state index in [1.54, 1.807) is 38.5 Å². The van der Waals surface area contributed by atoms with Crippen LogP contribution < -0.4 is 9.47 Å². The van der Waals surface area contributed by atoms with Gasteiger partial charge in [-0.3, -0.25) is 4.79 Å². The number of esters is 1. The molecule has 0 saturated carbocycles. The summed E-state index contributed by atoms with van der Waals surface area (Å²) in [6.45, 7) is 0.691. The van der Waals surface area contributed by atoms with Crippen LogP contribution in [-0.2, 0) is 4.74 Å². The summed E-state index contributed by atoms with van der Waals surface area (Å²) in [6.07, 6.45) is 1.83. The molecule has 6 heteroatoms. The van der Waals surface area contributed by atoms with E-state index in [-0.39, 0.29) is 11.9 Å². The van der Waals surface area contributed by atoms with Crippen molar-refractivity contribution in [3.8, 4) is 11.5 Å². The molecule has 0 unspecified atom stereocenters. The zero-order valence-electron chi connectivity index (χ0n) is 15.7. The van der Waals surface area contributed by atoms with E-state index < -0.39 is 5.97 Å². The normalized spacial score (nSPS) is 16.1. The second-order valence-electron chi connectivity index (χ2n) is 6.34. The van der Waals surface area contributed by atoms with Gasteiger partial charge in [-0.2, -0.15) is 0 Å². The molecular formula is C21H23NO5. The molecule has 1 aliphatic heterocycles. The van der Waals surface area contributed by atoms with Crippen molar-refractivity contribution in [3.63, 3.8) is 0 Å². The van der Waals surface area contributed by atoms with Gasteiger partial charge in [-0.15, -0.1) is 0 Å². The first kappa shape index (κ1) is 18.8. The molecule has 27 heavy (non-hydrogen) atoms. The number of hydrogen-bond acceptors (Lipinski definition) is 5. The number of nitrogens with zero attached hydrogens (tertiary/aromatic N) is 1. The van der Waals surface area contributed by atoms with Gasteiger partial charge in [0.2, 0.25) is 0 Å². The van der Waals surface area contributed by atoms with Crippen LogP contribution in [0.25, 0.3) is 0 Å². The Morgan fingerprint density at radius 3 is 2.22 bits per heavy atom. The number of rotatable bonds is 5. The van der Waals surface area contributed by atoms with E-state index in [1.807, 2.05) is 23.1 Å². The minimum absolute atomic E-state index is 0.0161. The van der Waals surface area contributed by atoms with Gasteiger partial charge in [0.25, 0.3) is 5.91 Å². The lowest BCUT2D eigenvalue weighted by atomic mass is 10.0. The molecule has 1 saturated heterocycles. The highest BCUT2D eigenvalue weighted by molar-refractivity contribution is 5.96. The van der Waals surface area contributed by atoms with Gasteiger partial charge in [0.15, 0.2) is 11.5 Å². The zero-order valence-corrected chi connectivity index (χ0v) is 15.7. The first-order valence-corrected chi connectivity index (χ1v) is 8.80. The van der Waals surface area contributed by atoms with Crippen LogP contribution in [0.5, 0.6) is 11.5 Å². The molecule has 2 aromatic carbocycles. The molecule has 1 amide bonds. The molecule has 1 atom stereocenters. The van der Waals surface area contributed by atoms with E-state index in [1.165, 1.54) is 7.11 Å². The number of benzene rings is 2. The maximum atomic E-state index is 13.0. The van der Waals surface area contributed by atoms with Gasteiger partial charge in [0, 0.05) is 12.1 Å². The standard InChI is InChI=1S/C21H23NO5/c1-25-18-11-10-16(13-19(18)26-2)17-5-4-12-22(17)20(23)14-6-8-15(9-7-14)21(24)27-3/h6-11,13,17H,4-5,12H2,1-3H3/t17-/m1/s1. The second-order valence-corrected chi connectivity index (χ2v) is 6.34. The quantitative estimate of drug-likeness (QED) is 0.755. The molecule has 0 aliphatic carbocycles. The van der Waals surface area contributed by atoms with Crippen molar-refractivity contribution in [2.45, 2.75) is 18.9 Å². The minimum Gasteiger partial charge on any atom is -0.493 e. The second kappa shape index (κ2) is 8.12. The van der Waals surface area contributed by atoms with E-state index in [0.29, 0.717) is 29.2 Å². The molecular weight excluding hydrogens is 346 g/mol. The van der Waals surface area contributed by atoms with Crippen LogP contribution >= 0.6 is 0 Å². The van der Waals surface area contributed by atoms with E-state index in [4.69, 9.17) is 14.2 Å². The van der Waals surface area contributed by atoms with Crippen LogP contribution in [0.3, 0.4) is 0 Å². The van der Waals surface area contributed by atoms with Gasteiger partial charge in [-0.25, -0.2) is 4.79 Å². The summed E-state index contributed by atoms with van der Waals surface area (Å²) in [5.74, 6) is 0.842. The Morgan fingerprint density at radius 2 is 1.59 bits per heavy atom. The largest absolute Gasteiger partial charge is 0.493 e. The van der Waals surface area contributed by atoms with E-state index in [2.05, 4.69) is 0 Å². The summed E-state index contributed by atoms with van der Waals surface area (Å²) in [7, 11) is 4.53. The van der Waals surface area contributed by atoms with Crippen molar-refractivity contribution in [2.24, 2.45) is 0 Å². The fourth-order valence-electron chi connectivity index (χ4n) is 3.45. The molecule has 1 heterocycles. The molecule has 3 rings (SSSR count). The van der Waals surface area contributed by atoms with Crippen molar-refractivity contribution in [1.29, 1.82) is 0 Å². The van der Waals surface area contributed by atoms with Gasteiger partial charge in [-0.05, 0) is 54.8 Å². The van der Waals surface area contributed by atoms with Crippen LogP contribution in [0.1, 0.15) is 45.2 Å². The summed E-state index contributed by atoms with van der Waals surface area (Å²) in [6, 6.07) is 12.3. The SMILES string of the molecule is COC(=O)c1ccc(C(=O)N2CCC[C@@H]2c2ccc(OC)c(OC)c2)cc1. The summed E-state index contributed by atoms with van der Waals surface area (Å²) < 4.78 is 15.4. The van der Waals surface area contributed by atoms with Gasteiger partial charge in [-0.1, -0.05) is 6.07 Å². The fraction of sp³-hybridized carbons (Fsp3) is 0.333. The topological polar surface area (TPSA) is 65.1 Å². The minimum atomic E-state index is -0.418. The molecule has 0 spiro atoms. The first-order valence-electron chi connectivity index (χ1n) is 8.80. The highest BCUT2D eigenvalue weighted by atomic mass is 16.5. The predicted molar refractivity (Wildman–Crippen MR) is 100 cm³/mol. The smallest absolute Gasteiger partial charge is 0.337 e. The molecule has 2 aromatic rings. The summed E-state index contributed by atoms with van der Waals surface area (Å²) in [4.78, 5) is 26.4. The molecule has 1 aliphatic rings. The number of carbonyl (C=O) groups excluding carboxylic acids is 2. The molecule has 6 nitrogen and oxygen atoms in total. The van der Waals surface area contributed by atoms with Crippen LogP contribution in [0.4, 0.5) is 0 Å². The van der Waals surface area contributed by atoms with E-state index >= 15 is 0 Å². The van der Waals surface area contributed by atoms with Gasteiger partial charge in [0.05, 0.1) is 32.9 Å². The first-order chi connectivity index (χ1) is 13.1. The Balaban J connectivity index is 1.83. The zero-order chi connectivity index (χ0) is 19.4. The van der Waals surface area contributed by atoms with Crippen molar-refractivity contribution >= 4 is 11.9 Å². The van der Waals surface area contributed by atoms with Crippen LogP contribution in [0.15, 0.2) is 42.5 Å². The highest BCUT2D eigenvalue weighted by Gasteiger charge is 2.31.